The zero-order valence-corrected chi connectivity index (χ0v) is 16.9. The van der Waals surface area contributed by atoms with Crippen molar-refractivity contribution in [3.8, 4) is 6.07 Å². The molecule has 7 heteroatoms. The van der Waals surface area contributed by atoms with Crippen molar-refractivity contribution < 1.29 is 9.13 Å². The summed E-state index contributed by atoms with van der Waals surface area (Å²) >= 11 is 6.24. The molecule has 2 heterocycles. The van der Waals surface area contributed by atoms with Crippen LogP contribution >= 0.6 is 11.6 Å². The van der Waals surface area contributed by atoms with Gasteiger partial charge in [0, 0.05) is 21.4 Å². The second-order valence-corrected chi connectivity index (χ2v) is 8.18. The summed E-state index contributed by atoms with van der Waals surface area (Å²) < 4.78 is 19.7. The monoisotopic (exact) mass is 412 g/mol. The molecule has 1 N–H and O–H groups in total. The maximum Gasteiger partial charge on any atom is 0.171 e. The Morgan fingerprint density at radius 1 is 1.31 bits per heavy atom. The number of hydrogen-bond donors (Lipinski definition) is 1. The topological polar surface area (TPSA) is 64.9 Å². The summed E-state index contributed by atoms with van der Waals surface area (Å²) in [6.07, 6.45) is 2.65. The first kappa shape index (κ1) is 19.8. The van der Waals surface area contributed by atoms with E-state index in [1.165, 1.54) is 12.1 Å². The molecule has 2 aromatic carbocycles. The van der Waals surface area contributed by atoms with Gasteiger partial charge in [-0.25, -0.2) is 4.39 Å². The van der Waals surface area contributed by atoms with Gasteiger partial charge in [0.25, 0.3) is 0 Å². The van der Waals surface area contributed by atoms with Crippen LogP contribution in [0.25, 0.3) is 10.9 Å². The lowest BCUT2D eigenvalue weighted by Crippen LogP contribution is -2.44. The number of fused-ring (bicyclic) bond motifs is 1. The van der Waals surface area contributed by atoms with Crippen molar-refractivity contribution in [2.45, 2.75) is 24.4 Å². The summed E-state index contributed by atoms with van der Waals surface area (Å²) in [4.78, 5) is 2.27. The minimum absolute atomic E-state index is 0.256. The van der Waals surface area contributed by atoms with E-state index in [1.54, 1.807) is 18.3 Å². The first-order chi connectivity index (χ1) is 14.0. The molecule has 4 rings (SSSR count). The van der Waals surface area contributed by atoms with Gasteiger partial charge in [-0.2, -0.15) is 10.4 Å². The Labute approximate surface area is 174 Å². The Morgan fingerprint density at radius 3 is 2.72 bits per heavy atom. The molecule has 3 aromatic rings. The lowest BCUT2D eigenvalue weighted by Gasteiger charge is -2.41. The van der Waals surface area contributed by atoms with Crippen LogP contribution in [0.2, 0.25) is 5.02 Å². The molecule has 0 radical (unpaired) electrons. The summed E-state index contributed by atoms with van der Waals surface area (Å²) in [6, 6.07) is 12.4. The van der Waals surface area contributed by atoms with Gasteiger partial charge in [0.05, 0.1) is 24.4 Å². The quantitative estimate of drug-likeness (QED) is 0.665. The van der Waals surface area contributed by atoms with Crippen molar-refractivity contribution >= 4 is 22.5 Å². The normalized spacial score (nSPS) is 17.9. The smallest absolute Gasteiger partial charge is 0.171 e. The highest BCUT2D eigenvalue weighted by Gasteiger charge is 2.37. The molecular formula is C22H22ClFN4O. The van der Waals surface area contributed by atoms with Crippen molar-refractivity contribution in [3.05, 3.63) is 64.6 Å². The van der Waals surface area contributed by atoms with E-state index in [4.69, 9.17) is 16.3 Å². The SMILES string of the molecule is CN1CCC(COC(C#N)c2cc(Cl)cc3cn[nH]c23)(c2ccc(F)cc2)CC1. The first-order valence-electron chi connectivity index (χ1n) is 9.59. The molecule has 1 unspecified atom stereocenters. The van der Waals surface area contributed by atoms with Gasteiger partial charge in [-0.15, -0.1) is 0 Å². The van der Waals surface area contributed by atoms with Crippen molar-refractivity contribution in [1.82, 2.24) is 15.1 Å². The number of hydrogen-bond acceptors (Lipinski definition) is 4. The summed E-state index contributed by atoms with van der Waals surface area (Å²) in [6.45, 7) is 2.20. The van der Waals surface area contributed by atoms with E-state index in [9.17, 15) is 9.65 Å². The number of halogens is 2. The van der Waals surface area contributed by atoms with Crippen molar-refractivity contribution in [3.63, 3.8) is 0 Å². The molecule has 5 nitrogen and oxygen atoms in total. The Balaban J connectivity index is 1.63. The molecule has 0 saturated carbocycles. The third-order valence-corrected chi connectivity index (χ3v) is 6.09. The second kappa shape index (κ2) is 8.11. The van der Waals surface area contributed by atoms with E-state index in [0.29, 0.717) is 17.2 Å². The fourth-order valence-electron chi connectivity index (χ4n) is 4.06. The Hall–Kier alpha value is -2.46. The van der Waals surface area contributed by atoms with Gasteiger partial charge in [-0.1, -0.05) is 23.7 Å². The van der Waals surface area contributed by atoms with Crippen molar-refractivity contribution in [1.29, 1.82) is 5.26 Å². The van der Waals surface area contributed by atoms with Crippen LogP contribution in [0.5, 0.6) is 0 Å². The van der Waals surface area contributed by atoms with E-state index in [2.05, 4.69) is 28.2 Å². The predicted molar refractivity (Wildman–Crippen MR) is 110 cm³/mol. The minimum Gasteiger partial charge on any atom is -0.358 e. The number of nitriles is 1. The fourth-order valence-corrected chi connectivity index (χ4v) is 4.29. The predicted octanol–water partition coefficient (Wildman–Crippen LogP) is 4.60. The number of H-pyrrole nitrogens is 1. The van der Waals surface area contributed by atoms with E-state index in [0.717, 1.165) is 42.4 Å². The lowest BCUT2D eigenvalue weighted by molar-refractivity contribution is 0.0228. The van der Waals surface area contributed by atoms with Crippen LogP contribution in [0.4, 0.5) is 4.39 Å². The molecule has 0 bridgehead atoms. The minimum atomic E-state index is -0.784. The highest BCUT2D eigenvalue weighted by molar-refractivity contribution is 6.31. The second-order valence-electron chi connectivity index (χ2n) is 7.74. The number of aromatic amines is 1. The van der Waals surface area contributed by atoms with Crippen LogP contribution < -0.4 is 0 Å². The Kier molecular flexibility index (Phi) is 5.55. The molecule has 1 atom stereocenters. The van der Waals surface area contributed by atoms with E-state index in [-0.39, 0.29) is 11.2 Å². The summed E-state index contributed by atoms with van der Waals surface area (Å²) in [5, 5.41) is 18.2. The molecule has 0 spiro atoms. The molecule has 1 fully saturated rings. The molecule has 150 valence electrons. The van der Waals surface area contributed by atoms with Crippen molar-refractivity contribution in [2.24, 2.45) is 0 Å². The molecule has 0 aliphatic carbocycles. The Bertz CT molecular complexity index is 1040. The van der Waals surface area contributed by atoms with Crippen molar-refractivity contribution in [2.75, 3.05) is 26.7 Å². The third kappa shape index (κ3) is 3.99. The maximum atomic E-state index is 13.5. The number of nitrogens with one attached hydrogen (secondary N) is 1. The molecule has 1 aliphatic rings. The van der Waals surface area contributed by atoms with E-state index >= 15 is 0 Å². The van der Waals surface area contributed by atoms with Crippen LogP contribution in [-0.2, 0) is 10.2 Å². The number of nitrogens with zero attached hydrogens (tertiary/aromatic N) is 3. The molecular weight excluding hydrogens is 391 g/mol. The zero-order chi connectivity index (χ0) is 20.4. The maximum absolute atomic E-state index is 13.5. The average Bonchev–Trinajstić information content (AvgIpc) is 3.19. The number of benzene rings is 2. The van der Waals surface area contributed by atoms with Gasteiger partial charge < -0.3 is 9.64 Å². The number of likely N-dealkylation sites (tertiary alicyclic amines) is 1. The largest absolute Gasteiger partial charge is 0.358 e. The standard InChI is InChI=1S/C22H22ClFN4O/c1-28-8-6-22(7-9-28,16-2-4-18(24)5-3-16)14-29-20(12-25)19-11-17(23)10-15-13-26-27-21(15)19/h2-5,10-11,13,20H,6-9,14H2,1H3,(H,26,27). The fraction of sp³-hybridized carbons (Fsp3) is 0.364. The van der Waals surface area contributed by atoms with Crippen LogP contribution in [0.15, 0.2) is 42.6 Å². The number of rotatable bonds is 5. The highest BCUT2D eigenvalue weighted by atomic mass is 35.5. The van der Waals surface area contributed by atoms with Gasteiger partial charge in [0.1, 0.15) is 5.82 Å². The molecule has 29 heavy (non-hydrogen) atoms. The van der Waals surface area contributed by atoms with E-state index < -0.39 is 6.10 Å². The van der Waals surface area contributed by atoms with Gasteiger partial charge >= 0.3 is 0 Å². The average molecular weight is 413 g/mol. The van der Waals surface area contributed by atoms with Gasteiger partial charge in [0.15, 0.2) is 6.10 Å². The number of piperidine rings is 1. The Morgan fingerprint density at radius 2 is 2.03 bits per heavy atom. The summed E-state index contributed by atoms with van der Waals surface area (Å²) in [7, 11) is 2.09. The summed E-state index contributed by atoms with van der Waals surface area (Å²) in [5.74, 6) is -0.256. The number of ether oxygens (including phenoxy) is 1. The van der Waals surface area contributed by atoms with E-state index in [1.807, 2.05) is 12.1 Å². The van der Waals surface area contributed by atoms with Crippen LogP contribution in [-0.4, -0.2) is 41.8 Å². The number of aromatic nitrogens is 2. The molecule has 1 aromatic heterocycles. The third-order valence-electron chi connectivity index (χ3n) is 5.87. The summed E-state index contributed by atoms with van der Waals surface area (Å²) in [5.41, 5.74) is 2.21. The van der Waals surface area contributed by atoms with Crippen LogP contribution in [0.3, 0.4) is 0 Å². The van der Waals surface area contributed by atoms with Gasteiger partial charge in [-0.05, 0) is 62.8 Å². The van der Waals surface area contributed by atoms with Crippen LogP contribution in [0, 0.1) is 17.1 Å². The van der Waals surface area contributed by atoms with Gasteiger partial charge in [0.2, 0.25) is 0 Å². The van der Waals surface area contributed by atoms with Gasteiger partial charge in [-0.3, -0.25) is 5.10 Å². The molecule has 1 saturated heterocycles. The highest BCUT2D eigenvalue weighted by Crippen LogP contribution is 2.38. The lowest BCUT2D eigenvalue weighted by atomic mass is 9.73. The zero-order valence-electron chi connectivity index (χ0n) is 16.2. The molecule has 0 amide bonds. The molecule has 1 aliphatic heterocycles. The first-order valence-corrected chi connectivity index (χ1v) is 9.97. The van der Waals surface area contributed by atoms with Crippen LogP contribution in [0.1, 0.15) is 30.1 Å².